The number of unbranched alkanes of at least 4 members (excludes halogenated alkanes) is 56. The topological polar surface area (TPSA) is 237 Å². The van der Waals surface area contributed by atoms with Gasteiger partial charge in [-0.3, -0.25) is 37.3 Å². The van der Waals surface area contributed by atoms with E-state index in [4.69, 9.17) is 37.0 Å². The Kier molecular flexibility index (Phi) is 75.4. The minimum Gasteiger partial charge on any atom is -0.462 e. The molecule has 0 aromatic heterocycles. The Bertz CT molecular complexity index is 1960. The fourth-order valence-corrected chi connectivity index (χ4v) is 14.7. The molecule has 0 aliphatic carbocycles. The summed E-state index contributed by atoms with van der Waals surface area (Å²) in [5.41, 5.74) is 0. The number of aliphatic hydroxyl groups excluding tert-OH is 1. The predicted octanol–water partition coefficient (Wildman–Crippen LogP) is 25.6. The third-order valence-electron chi connectivity index (χ3n) is 19.8. The van der Waals surface area contributed by atoms with Crippen molar-refractivity contribution in [3.8, 4) is 0 Å². The van der Waals surface area contributed by atoms with Crippen molar-refractivity contribution < 1.29 is 80.2 Å². The number of phosphoric acid groups is 2. The van der Waals surface area contributed by atoms with E-state index in [1.165, 1.54) is 276 Å². The SMILES string of the molecule is CCCCCCCCCCCCCCCCCCCCCCC(=O)O[C@H](COC(=O)CCCCCCCCCCCCCCCCCCCC)COP(=O)(O)OC[C@@H](O)COP(=O)(O)OC[C@@H](COC(=O)CCCCCCCCCCC)OC(=O)CCCCCCCCCCCCCCCC(C)C. The van der Waals surface area contributed by atoms with Crippen LogP contribution >= 0.6 is 15.6 Å². The molecule has 0 aromatic carbocycles. The van der Waals surface area contributed by atoms with Crippen LogP contribution in [-0.4, -0.2) is 96.7 Å². The number of hydrogen-bond donors (Lipinski definition) is 3. The maximum Gasteiger partial charge on any atom is 0.472 e. The van der Waals surface area contributed by atoms with Crippen LogP contribution in [0.5, 0.6) is 0 Å². The molecule has 0 spiro atoms. The van der Waals surface area contributed by atoms with Crippen molar-refractivity contribution in [2.45, 2.75) is 470 Å². The number of hydrogen-bond acceptors (Lipinski definition) is 15. The maximum atomic E-state index is 13.1. The number of ether oxygens (including phenoxy) is 4. The molecule has 19 heteroatoms. The van der Waals surface area contributed by atoms with Crippen LogP contribution < -0.4 is 0 Å². The number of aliphatic hydroxyl groups is 1. The van der Waals surface area contributed by atoms with Gasteiger partial charge in [0.25, 0.3) is 0 Å². The molecule has 0 saturated carbocycles. The van der Waals surface area contributed by atoms with Crippen molar-refractivity contribution in [3.63, 3.8) is 0 Å². The number of rotatable bonds is 84. The largest absolute Gasteiger partial charge is 0.472 e. The lowest BCUT2D eigenvalue weighted by molar-refractivity contribution is -0.161. The Morgan fingerprint density at radius 1 is 0.262 bits per heavy atom. The van der Waals surface area contributed by atoms with Crippen LogP contribution in [0.2, 0.25) is 0 Å². The molecule has 5 atom stereocenters. The third-order valence-corrected chi connectivity index (χ3v) is 21.7. The maximum absolute atomic E-state index is 13.1. The second-order valence-corrected chi connectivity index (χ2v) is 33.6. The van der Waals surface area contributed by atoms with E-state index in [1.54, 1.807) is 0 Å². The highest BCUT2D eigenvalue weighted by Crippen LogP contribution is 2.45. The molecule has 0 rings (SSSR count). The van der Waals surface area contributed by atoms with Crippen LogP contribution in [0.3, 0.4) is 0 Å². The van der Waals surface area contributed by atoms with Crippen molar-refractivity contribution in [3.05, 3.63) is 0 Å². The Hall–Kier alpha value is -1.94. The van der Waals surface area contributed by atoms with E-state index in [2.05, 4.69) is 34.6 Å². The van der Waals surface area contributed by atoms with Crippen LogP contribution in [0.1, 0.15) is 452 Å². The molecule has 2 unspecified atom stereocenters. The van der Waals surface area contributed by atoms with Crippen molar-refractivity contribution in [1.82, 2.24) is 0 Å². The minimum atomic E-state index is -4.96. The Morgan fingerprint density at radius 3 is 0.660 bits per heavy atom. The van der Waals surface area contributed by atoms with Gasteiger partial charge in [0.2, 0.25) is 0 Å². The lowest BCUT2D eigenvalue weighted by atomic mass is 10.0. The van der Waals surface area contributed by atoms with Gasteiger partial charge in [0.1, 0.15) is 19.3 Å². The van der Waals surface area contributed by atoms with Crippen molar-refractivity contribution in [1.29, 1.82) is 0 Å². The highest BCUT2D eigenvalue weighted by atomic mass is 31.2. The lowest BCUT2D eigenvalue weighted by Gasteiger charge is -2.21. The van der Waals surface area contributed by atoms with Crippen LogP contribution in [0, 0.1) is 5.92 Å². The summed E-state index contributed by atoms with van der Waals surface area (Å²) in [4.78, 5) is 73.1. The van der Waals surface area contributed by atoms with Crippen LogP contribution in [0.4, 0.5) is 0 Å². The first-order valence-electron chi connectivity index (χ1n) is 43.6. The van der Waals surface area contributed by atoms with Crippen molar-refractivity contribution in [2.75, 3.05) is 39.6 Å². The monoisotopic (exact) mass is 1510 g/mol. The molecule has 0 fully saturated rings. The van der Waals surface area contributed by atoms with Crippen LogP contribution in [0.25, 0.3) is 0 Å². The zero-order valence-corrected chi connectivity index (χ0v) is 69.3. The van der Waals surface area contributed by atoms with Gasteiger partial charge in [-0.15, -0.1) is 0 Å². The van der Waals surface area contributed by atoms with E-state index in [0.717, 1.165) is 95.8 Å². The summed E-state index contributed by atoms with van der Waals surface area (Å²) in [5.74, 6) is -1.32. The molecule has 0 radical (unpaired) electrons. The van der Waals surface area contributed by atoms with E-state index in [9.17, 15) is 43.2 Å². The summed E-state index contributed by atoms with van der Waals surface area (Å²) in [6, 6.07) is 0. The van der Waals surface area contributed by atoms with Gasteiger partial charge in [-0.2, -0.15) is 0 Å². The van der Waals surface area contributed by atoms with E-state index >= 15 is 0 Å². The quantitative estimate of drug-likeness (QED) is 0.0222. The number of esters is 4. The average Bonchev–Trinajstić information content (AvgIpc) is 0.917. The molecule has 0 saturated heterocycles. The van der Waals surface area contributed by atoms with E-state index in [-0.39, 0.29) is 25.7 Å². The van der Waals surface area contributed by atoms with E-state index in [0.29, 0.717) is 25.7 Å². The molecule has 103 heavy (non-hydrogen) atoms. The first-order valence-corrected chi connectivity index (χ1v) is 46.6. The number of carbonyl (C=O) groups excluding carboxylic acids is 4. The second kappa shape index (κ2) is 76.8. The molecule has 0 aliphatic rings. The fraction of sp³-hybridized carbons (Fsp3) is 0.952. The van der Waals surface area contributed by atoms with Crippen molar-refractivity contribution in [2.24, 2.45) is 5.92 Å². The Labute approximate surface area is 632 Å². The summed E-state index contributed by atoms with van der Waals surface area (Å²) >= 11 is 0. The van der Waals surface area contributed by atoms with Gasteiger partial charge in [0.15, 0.2) is 12.2 Å². The van der Waals surface area contributed by atoms with Gasteiger partial charge in [-0.05, 0) is 31.6 Å². The first kappa shape index (κ1) is 101. The van der Waals surface area contributed by atoms with Gasteiger partial charge in [0, 0.05) is 25.7 Å². The van der Waals surface area contributed by atoms with Gasteiger partial charge in [0.05, 0.1) is 26.4 Å². The van der Waals surface area contributed by atoms with Gasteiger partial charge < -0.3 is 33.8 Å². The Morgan fingerprint density at radius 2 is 0.447 bits per heavy atom. The normalized spacial score (nSPS) is 13.8. The highest BCUT2D eigenvalue weighted by Gasteiger charge is 2.30. The molecule has 0 aromatic rings. The molecule has 3 N–H and O–H groups in total. The van der Waals surface area contributed by atoms with Crippen LogP contribution in [0.15, 0.2) is 0 Å². The fourth-order valence-electron chi connectivity index (χ4n) is 13.1. The summed E-state index contributed by atoms with van der Waals surface area (Å²) in [5, 5.41) is 10.7. The first-order chi connectivity index (χ1) is 50.0. The summed E-state index contributed by atoms with van der Waals surface area (Å²) in [7, 11) is -9.92. The molecule has 612 valence electrons. The summed E-state index contributed by atoms with van der Waals surface area (Å²) in [6.07, 6.45) is 69.5. The average molecular weight is 1510 g/mol. The zero-order chi connectivity index (χ0) is 75.5. The second-order valence-electron chi connectivity index (χ2n) is 30.7. The van der Waals surface area contributed by atoms with Crippen molar-refractivity contribution >= 4 is 39.5 Å². The Balaban J connectivity index is 5.21. The van der Waals surface area contributed by atoms with Crippen LogP contribution in [-0.2, 0) is 65.4 Å². The van der Waals surface area contributed by atoms with Gasteiger partial charge in [-0.25, -0.2) is 9.13 Å². The molecule has 0 aliphatic heterocycles. The summed E-state index contributed by atoms with van der Waals surface area (Å²) < 4.78 is 68.8. The molecule has 0 heterocycles. The standard InChI is InChI=1S/C84H164O17P2/c1-6-9-12-15-18-21-23-25-27-29-31-32-34-36-40-44-49-54-59-64-69-83(88)101-80(74-95-82(87)68-63-58-53-48-43-39-35-33-30-28-26-24-22-19-16-13-10-7-2)76-99-103(92,93)97-72-78(85)71-96-102(90,91)98-75-79(73-94-81(86)67-62-57-52-46-20-17-14-11-8-3)100-84(89)70-65-60-55-50-45-41-37-38-42-47-51-56-61-66-77(4)5/h77-80,85H,6-76H2,1-5H3,(H,90,91)(H,92,93)/t78-,79+,80+/m0/s1. The number of carbonyl (C=O) groups is 4. The number of phosphoric ester groups is 2. The highest BCUT2D eigenvalue weighted by molar-refractivity contribution is 7.47. The molecular weight excluding hydrogens is 1340 g/mol. The molecule has 0 amide bonds. The molecule has 17 nitrogen and oxygen atoms in total. The zero-order valence-electron chi connectivity index (χ0n) is 67.5. The minimum absolute atomic E-state index is 0.108. The summed E-state index contributed by atoms with van der Waals surface area (Å²) in [6.45, 7) is 7.35. The molecular formula is C84H164O17P2. The van der Waals surface area contributed by atoms with E-state index in [1.807, 2.05) is 0 Å². The predicted molar refractivity (Wildman–Crippen MR) is 423 cm³/mol. The molecule has 0 bridgehead atoms. The van der Waals surface area contributed by atoms with Gasteiger partial charge >= 0.3 is 39.5 Å². The van der Waals surface area contributed by atoms with Gasteiger partial charge in [-0.1, -0.05) is 401 Å². The smallest absolute Gasteiger partial charge is 0.462 e. The lowest BCUT2D eigenvalue weighted by Crippen LogP contribution is -2.30. The third kappa shape index (κ3) is 78.0. The van der Waals surface area contributed by atoms with E-state index < -0.39 is 97.5 Å².